The first kappa shape index (κ1) is 57.4. The lowest BCUT2D eigenvalue weighted by Gasteiger charge is -2.41. The molecular weight excluding hydrogens is 893 g/mol. The van der Waals surface area contributed by atoms with E-state index in [1.165, 1.54) is 22.8 Å². The maximum Gasteiger partial charge on any atom is 0.410 e. The second-order valence-electron chi connectivity index (χ2n) is 19.0. The summed E-state index contributed by atoms with van der Waals surface area (Å²) in [5.74, 6) is -2.49. The lowest BCUT2D eigenvalue weighted by Crippen LogP contribution is -2.60. The second-order valence-corrected chi connectivity index (χ2v) is 21.4. The van der Waals surface area contributed by atoms with Crippen LogP contribution in [0.3, 0.4) is 0 Å². The first-order valence-electron chi connectivity index (χ1n) is 23.8. The largest absolute Gasteiger partial charge is 0.448 e. The summed E-state index contributed by atoms with van der Waals surface area (Å²) in [6, 6.07) is 11.5. The van der Waals surface area contributed by atoms with Crippen molar-refractivity contribution in [3.8, 4) is 0 Å². The summed E-state index contributed by atoms with van der Waals surface area (Å²) in [5.41, 5.74) is 0.694. The van der Waals surface area contributed by atoms with Gasteiger partial charge < -0.3 is 39.8 Å². The number of likely N-dealkylation sites (tertiary alicyclic amines) is 1. The standard InChI is InChI=1S/C50H80N6O9S2/c1-15-33(8)44(38(63-13)28-41(57)56-27-21-24-37(56)46(64-14)34(9)47(59)52-35(10)45(58)36-22-17-16-18-23-36)54(11)49(61)42(31(4)5)53-48(60)43(32(6)7)55(12)50(62)65-29-39(30(2)3)66-67-40-25-19-20-26-51-40/h16-20,22-23,25-26,30-35,37-39,42-46,58H,15,21,24,27-29H2,1-14H3,(H,52,59)(H,53,60)/t33-,34+,35+,37-,38+,39+,42?,43-,44-,45+,46+/m0/s1. The van der Waals surface area contributed by atoms with Crippen LogP contribution in [0.2, 0.25) is 0 Å². The number of benzene rings is 1. The van der Waals surface area contributed by atoms with Gasteiger partial charge in [0.2, 0.25) is 23.6 Å². The fraction of sp³-hybridized carbons (Fsp3) is 0.680. The van der Waals surface area contributed by atoms with Crippen LogP contribution in [-0.2, 0) is 33.4 Å². The summed E-state index contributed by atoms with van der Waals surface area (Å²) in [6.07, 6.45) is 0.875. The molecule has 67 heavy (non-hydrogen) atoms. The molecule has 1 saturated heterocycles. The minimum Gasteiger partial charge on any atom is -0.448 e. The van der Waals surface area contributed by atoms with Crippen molar-refractivity contribution in [3.63, 3.8) is 0 Å². The Hall–Kier alpha value is -3.90. The number of aliphatic hydroxyl groups is 1. The van der Waals surface area contributed by atoms with Gasteiger partial charge in [0, 0.05) is 41.1 Å². The van der Waals surface area contributed by atoms with Gasteiger partial charge in [-0.25, -0.2) is 9.78 Å². The zero-order valence-electron chi connectivity index (χ0n) is 42.3. The Kier molecular flexibility index (Phi) is 23.9. The molecule has 0 spiro atoms. The van der Waals surface area contributed by atoms with Gasteiger partial charge in [0.1, 0.15) is 23.7 Å². The molecule has 0 bridgehead atoms. The van der Waals surface area contributed by atoms with Crippen molar-refractivity contribution in [1.29, 1.82) is 0 Å². The van der Waals surface area contributed by atoms with Crippen LogP contribution in [0.4, 0.5) is 4.79 Å². The number of nitrogens with zero attached hydrogens (tertiary/aromatic N) is 4. The number of hydrogen-bond donors (Lipinski definition) is 3. The number of carbonyl (C=O) groups excluding carboxylic acids is 5. The Morgan fingerprint density at radius 1 is 0.851 bits per heavy atom. The number of pyridine rings is 1. The van der Waals surface area contributed by atoms with Gasteiger partial charge in [-0.1, -0.05) is 116 Å². The molecule has 11 atom stereocenters. The van der Waals surface area contributed by atoms with E-state index < -0.39 is 60.4 Å². The van der Waals surface area contributed by atoms with Crippen molar-refractivity contribution >= 4 is 51.3 Å². The number of methoxy groups -OCH3 is 2. The zero-order valence-corrected chi connectivity index (χ0v) is 44.0. The molecule has 0 aliphatic carbocycles. The molecule has 3 rings (SSSR count). The van der Waals surface area contributed by atoms with E-state index in [9.17, 15) is 29.1 Å². The molecule has 15 nitrogen and oxygen atoms in total. The summed E-state index contributed by atoms with van der Waals surface area (Å²) >= 11 is 0. The van der Waals surface area contributed by atoms with Gasteiger partial charge in [-0.05, 0) is 71.9 Å². The summed E-state index contributed by atoms with van der Waals surface area (Å²) in [4.78, 5) is 79.4. The predicted octanol–water partition coefficient (Wildman–Crippen LogP) is 7.24. The highest BCUT2D eigenvalue weighted by Gasteiger charge is 2.44. The topological polar surface area (TPSA) is 180 Å². The van der Waals surface area contributed by atoms with E-state index in [-0.39, 0.29) is 65.7 Å². The Balaban J connectivity index is 1.74. The molecular formula is C50H80N6O9S2. The molecule has 5 amide bonds. The fourth-order valence-electron chi connectivity index (χ4n) is 8.78. The average molecular weight is 973 g/mol. The van der Waals surface area contributed by atoms with Crippen LogP contribution in [0.1, 0.15) is 107 Å². The van der Waals surface area contributed by atoms with Crippen LogP contribution in [0.15, 0.2) is 59.8 Å². The molecule has 2 heterocycles. The summed E-state index contributed by atoms with van der Waals surface area (Å²) in [5, 5.41) is 17.7. The van der Waals surface area contributed by atoms with Crippen LogP contribution >= 0.6 is 21.6 Å². The average Bonchev–Trinajstić information content (AvgIpc) is 3.79. The third-order valence-electron chi connectivity index (χ3n) is 13.1. The van der Waals surface area contributed by atoms with E-state index in [0.29, 0.717) is 24.9 Å². The second kappa shape index (κ2) is 27.9. The summed E-state index contributed by atoms with van der Waals surface area (Å²) in [6.45, 7) is 19.7. The van der Waals surface area contributed by atoms with Crippen molar-refractivity contribution in [2.45, 2.75) is 154 Å². The van der Waals surface area contributed by atoms with E-state index >= 15 is 0 Å². The van der Waals surface area contributed by atoms with Crippen molar-refractivity contribution in [1.82, 2.24) is 30.3 Å². The number of amides is 5. The molecule has 1 fully saturated rings. The van der Waals surface area contributed by atoms with Gasteiger partial charge in [0.15, 0.2) is 0 Å². The fourth-order valence-corrected chi connectivity index (χ4v) is 11.4. The molecule has 0 radical (unpaired) electrons. The van der Waals surface area contributed by atoms with Crippen molar-refractivity contribution in [3.05, 3.63) is 60.3 Å². The molecule has 1 aliphatic heterocycles. The third-order valence-corrected chi connectivity index (χ3v) is 16.1. The molecule has 1 aromatic carbocycles. The lowest BCUT2D eigenvalue weighted by molar-refractivity contribution is -0.148. The Morgan fingerprint density at radius 2 is 1.51 bits per heavy atom. The van der Waals surface area contributed by atoms with Gasteiger partial charge >= 0.3 is 6.09 Å². The molecule has 1 aromatic heterocycles. The van der Waals surface area contributed by atoms with E-state index in [1.807, 2.05) is 90.1 Å². The quantitative estimate of drug-likeness (QED) is 0.0807. The molecule has 2 aromatic rings. The number of rotatable bonds is 26. The number of aromatic nitrogens is 1. The van der Waals surface area contributed by atoms with Gasteiger partial charge in [-0.15, -0.1) is 0 Å². The number of carbonyl (C=O) groups is 5. The number of hydrogen-bond acceptors (Lipinski definition) is 12. The van der Waals surface area contributed by atoms with Crippen molar-refractivity contribution in [2.75, 3.05) is 41.5 Å². The van der Waals surface area contributed by atoms with E-state index in [1.54, 1.807) is 61.8 Å². The molecule has 17 heteroatoms. The highest BCUT2D eigenvalue weighted by Crippen LogP contribution is 2.36. The van der Waals surface area contributed by atoms with E-state index in [2.05, 4.69) is 29.5 Å². The SMILES string of the molecule is CC[C@H](C)[C@@H]([C@@H](CC(=O)N1CCC[C@H]1[C@H](OC)[C@@H](C)C(=O)N[C@H](C)[C@@H](O)c1ccccc1)OC)N(C)C(=O)C(NC(=O)[C@H](C(C)C)N(C)C(=O)OC[C@@H](SSc1ccccn1)C(C)C)C(C)C. The van der Waals surface area contributed by atoms with Crippen LogP contribution in [-0.4, -0.2) is 144 Å². The van der Waals surface area contributed by atoms with Crippen LogP contribution < -0.4 is 10.6 Å². The van der Waals surface area contributed by atoms with Crippen molar-refractivity contribution in [2.24, 2.45) is 29.6 Å². The number of aliphatic hydroxyl groups excluding tert-OH is 1. The minimum absolute atomic E-state index is 0.0315. The highest BCUT2D eigenvalue weighted by atomic mass is 33.1. The van der Waals surface area contributed by atoms with Crippen LogP contribution in [0, 0.1) is 29.6 Å². The number of nitrogens with one attached hydrogen (secondary N) is 2. The van der Waals surface area contributed by atoms with Crippen molar-refractivity contribution < 1.29 is 43.3 Å². The predicted molar refractivity (Wildman–Crippen MR) is 266 cm³/mol. The van der Waals surface area contributed by atoms with E-state index in [0.717, 1.165) is 11.4 Å². The Bertz CT molecular complexity index is 1850. The lowest BCUT2D eigenvalue weighted by atomic mass is 9.89. The van der Waals surface area contributed by atoms with Gasteiger partial charge in [-0.2, -0.15) is 0 Å². The molecule has 1 unspecified atom stereocenters. The number of ether oxygens (including phenoxy) is 3. The molecule has 0 saturated carbocycles. The van der Waals surface area contributed by atoms with Gasteiger partial charge in [0.05, 0.1) is 54.0 Å². The minimum atomic E-state index is -0.956. The smallest absolute Gasteiger partial charge is 0.410 e. The monoisotopic (exact) mass is 973 g/mol. The maximum atomic E-state index is 14.6. The summed E-state index contributed by atoms with van der Waals surface area (Å²) in [7, 11) is 9.40. The first-order valence-corrected chi connectivity index (χ1v) is 26.0. The molecule has 1 aliphatic rings. The van der Waals surface area contributed by atoms with Gasteiger partial charge in [0.25, 0.3) is 0 Å². The Labute approximate surface area is 408 Å². The normalized spacial score (nSPS) is 18.5. The molecule has 3 N–H and O–H groups in total. The van der Waals surface area contributed by atoms with E-state index in [4.69, 9.17) is 14.2 Å². The third kappa shape index (κ3) is 16.1. The van der Waals surface area contributed by atoms with Crippen LogP contribution in [0.25, 0.3) is 0 Å². The summed E-state index contributed by atoms with van der Waals surface area (Å²) < 4.78 is 17.8. The van der Waals surface area contributed by atoms with Gasteiger partial charge in [-0.3, -0.25) is 24.1 Å². The highest BCUT2D eigenvalue weighted by molar-refractivity contribution is 8.76. The Morgan fingerprint density at radius 3 is 2.06 bits per heavy atom. The zero-order chi connectivity index (χ0) is 50.1. The van der Waals surface area contributed by atoms with Crippen LogP contribution in [0.5, 0.6) is 0 Å². The number of likely N-dealkylation sites (N-methyl/N-ethyl adjacent to an activating group) is 2. The molecule has 376 valence electrons. The maximum absolute atomic E-state index is 14.6. The first-order chi connectivity index (χ1) is 31.7.